The van der Waals surface area contributed by atoms with Gasteiger partial charge in [0.05, 0.1) is 5.56 Å². The summed E-state index contributed by atoms with van der Waals surface area (Å²) in [5, 5.41) is 3.46. The van der Waals surface area contributed by atoms with Crippen LogP contribution in [0, 0.1) is 0 Å². The molecule has 1 atom stereocenters. The van der Waals surface area contributed by atoms with Crippen LogP contribution in [0.25, 0.3) is 0 Å². The predicted molar refractivity (Wildman–Crippen MR) is 70.4 cm³/mol. The van der Waals surface area contributed by atoms with E-state index in [0.717, 1.165) is 35.0 Å². The lowest BCUT2D eigenvalue weighted by atomic mass is 10.0. The van der Waals surface area contributed by atoms with Crippen LogP contribution in [0.15, 0.2) is 10.5 Å². The molecule has 2 heterocycles. The van der Waals surface area contributed by atoms with Crippen LogP contribution >= 0.6 is 15.9 Å². The average Bonchev–Trinajstić information content (AvgIpc) is 2.99. The average molecular weight is 312 g/mol. The van der Waals surface area contributed by atoms with Gasteiger partial charge >= 0.3 is 0 Å². The molecule has 0 saturated carbocycles. The summed E-state index contributed by atoms with van der Waals surface area (Å²) in [6.45, 7) is 1.27. The van der Waals surface area contributed by atoms with E-state index in [-0.39, 0.29) is 6.79 Å². The predicted octanol–water partition coefficient (Wildman–Crippen LogP) is 2.28. The molecule has 2 aliphatic rings. The lowest BCUT2D eigenvalue weighted by Gasteiger charge is -2.13. The third-order valence-corrected chi connectivity index (χ3v) is 4.11. The smallest absolute Gasteiger partial charge is 0.231 e. The molecule has 0 amide bonds. The van der Waals surface area contributed by atoms with Gasteiger partial charge in [-0.1, -0.05) is 0 Å². The van der Waals surface area contributed by atoms with E-state index >= 15 is 0 Å². The summed E-state index contributed by atoms with van der Waals surface area (Å²) >= 11 is 3.42. The van der Waals surface area contributed by atoms with Gasteiger partial charge in [0.1, 0.15) is 0 Å². The molecule has 5 heteroatoms. The van der Waals surface area contributed by atoms with E-state index in [2.05, 4.69) is 21.2 Å². The summed E-state index contributed by atoms with van der Waals surface area (Å²) in [7, 11) is 0. The number of benzene rings is 1. The van der Waals surface area contributed by atoms with Crippen LogP contribution < -0.4 is 14.8 Å². The number of aldehydes is 1. The minimum atomic E-state index is 0.192. The number of fused-ring (bicyclic) bond motifs is 1. The number of carbonyl (C=O) groups excluding carboxylic acids is 1. The van der Waals surface area contributed by atoms with Gasteiger partial charge in [-0.3, -0.25) is 4.79 Å². The molecule has 0 bridgehead atoms. The van der Waals surface area contributed by atoms with Crippen molar-refractivity contribution < 1.29 is 14.3 Å². The first-order valence-corrected chi connectivity index (χ1v) is 6.88. The van der Waals surface area contributed by atoms with Crippen LogP contribution in [0.2, 0.25) is 0 Å². The second kappa shape index (κ2) is 4.90. The molecule has 1 aromatic carbocycles. The number of hydrogen-bond acceptors (Lipinski definition) is 4. The largest absolute Gasteiger partial charge is 0.453 e. The summed E-state index contributed by atoms with van der Waals surface area (Å²) in [6.07, 6.45) is 4.11. The fraction of sp³-hybridized carbons (Fsp3) is 0.462. The Labute approximate surface area is 114 Å². The second-order valence-corrected chi connectivity index (χ2v) is 5.47. The van der Waals surface area contributed by atoms with Gasteiger partial charge in [-0.05, 0) is 47.8 Å². The topological polar surface area (TPSA) is 47.6 Å². The summed E-state index contributed by atoms with van der Waals surface area (Å²) in [5.41, 5.74) is 1.63. The molecule has 0 spiro atoms. The van der Waals surface area contributed by atoms with Crippen LogP contribution in [0.5, 0.6) is 11.5 Å². The van der Waals surface area contributed by atoms with Gasteiger partial charge in [-0.15, -0.1) is 0 Å². The fourth-order valence-corrected chi connectivity index (χ4v) is 3.13. The van der Waals surface area contributed by atoms with Crippen molar-refractivity contribution in [2.45, 2.75) is 25.3 Å². The van der Waals surface area contributed by atoms with Crippen molar-refractivity contribution in [2.75, 3.05) is 13.3 Å². The Morgan fingerprint density at radius 1 is 1.44 bits per heavy atom. The van der Waals surface area contributed by atoms with Crippen LogP contribution in [0.4, 0.5) is 0 Å². The minimum Gasteiger partial charge on any atom is -0.453 e. The first-order chi connectivity index (χ1) is 8.79. The molecule has 1 fully saturated rings. The number of halogens is 1. The zero-order valence-electron chi connectivity index (χ0n) is 9.87. The second-order valence-electron chi connectivity index (χ2n) is 4.61. The van der Waals surface area contributed by atoms with E-state index < -0.39 is 0 Å². The monoisotopic (exact) mass is 311 g/mol. The first-order valence-electron chi connectivity index (χ1n) is 6.09. The van der Waals surface area contributed by atoms with Crippen molar-refractivity contribution in [3.63, 3.8) is 0 Å². The zero-order chi connectivity index (χ0) is 12.5. The lowest BCUT2D eigenvalue weighted by molar-refractivity contribution is 0.111. The summed E-state index contributed by atoms with van der Waals surface area (Å²) in [4.78, 5) is 11.1. The fourth-order valence-electron chi connectivity index (χ4n) is 2.58. The Bertz CT molecular complexity index is 484. The highest BCUT2D eigenvalue weighted by Crippen LogP contribution is 2.42. The molecule has 0 aromatic heterocycles. The molecule has 4 nitrogen and oxygen atoms in total. The third kappa shape index (κ3) is 2.01. The maximum atomic E-state index is 11.1. The molecule has 0 radical (unpaired) electrons. The van der Waals surface area contributed by atoms with Crippen LogP contribution in [-0.4, -0.2) is 25.7 Å². The van der Waals surface area contributed by atoms with Crippen LogP contribution in [-0.2, 0) is 6.42 Å². The summed E-state index contributed by atoms with van der Waals surface area (Å²) < 4.78 is 11.7. The number of ether oxygens (including phenoxy) is 2. The van der Waals surface area contributed by atoms with Crippen molar-refractivity contribution in [1.29, 1.82) is 0 Å². The highest BCUT2D eigenvalue weighted by molar-refractivity contribution is 9.10. The minimum absolute atomic E-state index is 0.192. The lowest BCUT2D eigenvalue weighted by Crippen LogP contribution is -2.23. The molecular formula is C13H14BrNO3. The number of nitrogens with one attached hydrogen (secondary N) is 1. The van der Waals surface area contributed by atoms with E-state index in [4.69, 9.17) is 9.47 Å². The van der Waals surface area contributed by atoms with Gasteiger partial charge in [-0.25, -0.2) is 0 Å². The molecule has 0 aliphatic carbocycles. The van der Waals surface area contributed by atoms with Gasteiger partial charge < -0.3 is 14.8 Å². The number of carbonyl (C=O) groups is 1. The number of rotatable bonds is 3. The summed E-state index contributed by atoms with van der Waals surface area (Å²) in [6, 6.07) is 2.46. The molecule has 2 aliphatic heterocycles. The van der Waals surface area contributed by atoms with Crippen molar-refractivity contribution >= 4 is 22.2 Å². The van der Waals surface area contributed by atoms with Gasteiger partial charge in [0.2, 0.25) is 6.79 Å². The van der Waals surface area contributed by atoms with Crippen molar-refractivity contribution in [2.24, 2.45) is 0 Å². The Balaban J connectivity index is 1.97. The molecular weight excluding hydrogens is 298 g/mol. The standard InChI is InChI=1S/C13H14BrNO3/c14-11-5-8(4-9-2-1-3-15-9)12-13(10(11)6-16)18-7-17-12/h5-6,9,15H,1-4,7H2. The van der Waals surface area contributed by atoms with Gasteiger partial charge in [0.25, 0.3) is 0 Å². The Kier molecular flexibility index (Phi) is 3.26. The quantitative estimate of drug-likeness (QED) is 0.870. The van der Waals surface area contributed by atoms with E-state index in [0.29, 0.717) is 17.4 Å². The SMILES string of the molecule is O=Cc1c(Br)cc(CC2CCCN2)c2c1OCO2. The molecule has 1 saturated heterocycles. The van der Waals surface area contributed by atoms with Crippen LogP contribution in [0.3, 0.4) is 0 Å². The van der Waals surface area contributed by atoms with Crippen molar-refractivity contribution in [3.8, 4) is 11.5 Å². The maximum absolute atomic E-state index is 11.1. The van der Waals surface area contributed by atoms with Crippen molar-refractivity contribution in [1.82, 2.24) is 5.32 Å². The Morgan fingerprint density at radius 3 is 3.00 bits per heavy atom. The number of hydrogen-bond donors (Lipinski definition) is 1. The van der Waals surface area contributed by atoms with E-state index in [1.165, 1.54) is 12.8 Å². The van der Waals surface area contributed by atoms with Gasteiger partial charge in [0, 0.05) is 16.1 Å². The van der Waals surface area contributed by atoms with Crippen molar-refractivity contribution in [3.05, 3.63) is 21.7 Å². The van der Waals surface area contributed by atoms with Crippen LogP contribution in [0.1, 0.15) is 28.8 Å². The molecule has 1 unspecified atom stereocenters. The molecule has 1 aromatic rings. The Morgan fingerprint density at radius 2 is 2.28 bits per heavy atom. The first kappa shape index (κ1) is 12.0. The molecule has 1 N–H and O–H groups in total. The highest BCUT2D eigenvalue weighted by Gasteiger charge is 2.26. The summed E-state index contributed by atoms with van der Waals surface area (Å²) in [5.74, 6) is 1.31. The molecule has 3 rings (SSSR count). The third-order valence-electron chi connectivity index (χ3n) is 3.45. The van der Waals surface area contributed by atoms with E-state index in [1.807, 2.05) is 6.07 Å². The molecule has 96 valence electrons. The van der Waals surface area contributed by atoms with Gasteiger partial charge in [-0.2, -0.15) is 0 Å². The van der Waals surface area contributed by atoms with E-state index in [1.54, 1.807) is 0 Å². The Hall–Kier alpha value is -1.07. The van der Waals surface area contributed by atoms with Gasteiger partial charge in [0.15, 0.2) is 17.8 Å². The molecule has 18 heavy (non-hydrogen) atoms. The maximum Gasteiger partial charge on any atom is 0.231 e. The highest BCUT2D eigenvalue weighted by atomic mass is 79.9. The van der Waals surface area contributed by atoms with E-state index in [9.17, 15) is 4.79 Å². The normalized spacial score (nSPS) is 21.3. The zero-order valence-corrected chi connectivity index (χ0v) is 11.5.